The third-order valence-corrected chi connectivity index (χ3v) is 6.83. The molecular weight excluding hydrogens is 551 g/mol. The molecule has 5 aromatic rings. The van der Waals surface area contributed by atoms with Gasteiger partial charge in [-0.15, -0.1) is 11.3 Å². The highest BCUT2D eigenvalue weighted by atomic mass is 32.1. The van der Waals surface area contributed by atoms with Gasteiger partial charge in [0, 0.05) is 16.5 Å². The number of ketones is 1. The maximum atomic E-state index is 13.6. The van der Waals surface area contributed by atoms with Crippen LogP contribution in [0.25, 0.3) is 21.5 Å². The normalized spacial score (nSPS) is 11.5. The molecule has 204 valence electrons. The SMILES string of the molecule is CC(=O)c1ccc(OCc2ccc(C(=O)Nc3c(C(N)=O)sc4nc(C(F)(F)F)cc(-c5ccco5)c34)o2)cc1. The number of amides is 2. The van der Waals surface area contributed by atoms with E-state index in [9.17, 15) is 27.6 Å². The van der Waals surface area contributed by atoms with E-state index in [2.05, 4.69) is 10.3 Å². The first-order valence-corrected chi connectivity index (χ1v) is 12.3. The largest absolute Gasteiger partial charge is 0.486 e. The number of benzene rings is 1. The number of rotatable bonds is 8. The number of fused-ring (bicyclic) bond motifs is 1. The van der Waals surface area contributed by atoms with Crippen molar-refractivity contribution in [3.63, 3.8) is 0 Å². The van der Waals surface area contributed by atoms with E-state index in [0.717, 1.165) is 6.07 Å². The summed E-state index contributed by atoms with van der Waals surface area (Å²) in [7, 11) is 0. The number of nitrogens with zero attached hydrogens (tertiary/aromatic N) is 1. The molecule has 0 aliphatic rings. The van der Waals surface area contributed by atoms with Gasteiger partial charge in [-0.3, -0.25) is 14.4 Å². The lowest BCUT2D eigenvalue weighted by Gasteiger charge is -2.10. The predicted molar refractivity (Wildman–Crippen MR) is 138 cm³/mol. The zero-order valence-electron chi connectivity index (χ0n) is 20.5. The van der Waals surface area contributed by atoms with Crippen LogP contribution in [0, 0.1) is 0 Å². The van der Waals surface area contributed by atoms with Crippen LogP contribution >= 0.6 is 11.3 Å². The van der Waals surface area contributed by atoms with Crippen LogP contribution < -0.4 is 15.8 Å². The van der Waals surface area contributed by atoms with Gasteiger partial charge in [-0.1, -0.05) is 0 Å². The number of primary amides is 1. The third kappa shape index (κ3) is 5.31. The first-order valence-electron chi connectivity index (χ1n) is 11.5. The number of thiophene rings is 1. The third-order valence-electron chi connectivity index (χ3n) is 5.73. The Balaban J connectivity index is 1.44. The number of halogens is 3. The summed E-state index contributed by atoms with van der Waals surface area (Å²) in [4.78, 5) is 40.0. The summed E-state index contributed by atoms with van der Waals surface area (Å²) in [6.45, 7) is 1.41. The number of ether oxygens (including phenoxy) is 1. The molecule has 13 heteroatoms. The minimum Gasteiger partial charge on any atom is -0.486 e. The van der Waals surface area contributed by atoms with Crippen LogP contribution in [-0.2, 0) is 12.8 Å². The summed E-state index contributed by atoms with van der Waals surface area (Å²) < 4.78 is 57.2. The molecule has 4 heterocycles. The molecule has 3 N–H and O–H groups in total. The Hall–Kier alpha value is -4.91. The number of carbonyl (C=O) groups is 3. The summed E-state index contributed by atoms with van der Waals surface area (Å²) in [5.74, 6) is -1.17. The van der Waals surface area contributed by atoms with Gasteiger partial charge in [-0.2, -0.15) is 13.2 Å². The molecule has 0 fully saturated rings. The maximum Gasteiger partial charge on any atom is 0.433 e. The van der Waals surface area contributed by atoms with Gasteiger partial charge in [0.25, 0.3) is 11.8 Å². The minimum absolute atomic E-state index is 0.0343. The van der Waals surface area contributed by atoms with Crippen molar-refractivity contribution in [1.82, 2.24) is 4.98 Å². The van der Waals surface area contributed by atoms with Crippen LogP contribution in [0.1, 0.15) is 49.0 Å². The number of alkyl halides is 3. The highest BCUT2D eigenvalue weighted by molar-refractivity contribution is 7.21. The quantitative estimate of drug-likeness (QED) is 0.209. The smallest absolute Gasteiger partial charge is 0.433 e. The topological polar surface area (TPSA) is 138 Å². The molecule has 0 radical (unpaired) electrons. The zero-order valence-corrected chi connectivity index (χ0v) is 21.3. The average molecular weight is 570 g/mol. The number of aromatic nitrogens is 1. The molecular formula is C27H18F3N3O6S. The van der Waals surface area contributed by atoms with E-state index in [1.165, 1.54) is 37.5 Å². The average Bonchev–Trinajstić information content (AvgIpc) is 3.67. The van der Waals surface area contributed by atoms with Crippen LogP contribution in [0.3, 0.4) is 0 Å². The van der Waals surface area contributed by atoms with Crippen molar-refractivity contribution in [2.24, 2.45) is 5.73 Å². The van der Waals surface area contributed by atoms with Gasteiger partial charge in [-0.25, -0.2) is 4.98 Å². The summed E-state index contributed by atoms with van der Waals surface area (Å²) in [5.41, 5.74) is 4.67. The van der Waals surface area contributed by atoms with E-state index in [-0.39, 0.29) is 50.3 Å². The fourth-order valence-electron chi connectivity index (χ4n) is 3.86. The van der Waals surface area contributed by atoms with Gasteiger partial charge in [0.05, 0.1) is 12.0 Å². The highest BCUT2D eigenvalue weighted by Gasteiger charge is 2.35. The number of pyridine rings is 1. The van der Waals surface area contributed by atoms with Gasteiger partial charge < -0.3 is 24.6 Å². The lowest BCUT2D eigenvalue weighted by molar-refractivity contribution is -0.140. The molecule has 5 rings (SSSR count). The van der Waals surface area contributed by atoms with Gasteiger partial charge in [0.2, 0.25) is 0 Å². The van der Waals surface area contributed by atoms with E-state index < -0.39 is 23.7 Å². The molecule has 0 aliphatic heterocycles. The molecule has 0 saturated carbocycles. The second-order valence-corrected chi connectivity index (χ2v) is 9.47. The van der Waals surface area contributed by atoms with Crippen molar-refractivity contribution < 1.29 is 41.1 Å². The molecule has 1 aromatic carbocycles. The number of nitrogens with two attached hydrogens (primary N) is 1. The Morgan fingerprint density at radius 1 is 1.10 bits per heavy atom. The Labute approximate surface area is 227 Å². The Morgan fingerprint density at radius 3 is 2.48 bits per heavy atom. The minimum atomic E-state index is -4.78. The molecule has 2 amide bonds. The van der Waals surface area contributed by atoms with Crippen molar-refractivity contribution in [2.75, 3.05) is 5.32 Å². The van der Waals surface area contributed by atoms with Gasteiger partial charge in [-0.05, 0) is 61.5 Å². The standard InChI is InChI=1S/C27H18F3N3O6S/c1-13(34)14-4-6-15(7-5-14)38-12-16-8-9-19(39-16)25(36)33-22-21-17(18-3-2-10-37-18)11-20(27(28,29)30)32-26(21)40-23(22)24(31)35/h2-11H,12H2,1H3,(H2,31,35)(H,33,36). The van der Waals surface area contributed by atoms with Crippen molar-refractivity contribution in [2.45, 2.75) is 19.7 Å². The summed E-state index contributed by atoms with van der Waals surface area (Å²) in [6.07, 6.45) is -3.50. The van der Waals surface area contributed by atoms with E-state index in [1.807, 2.05) is 0 Å². The molecule has 4 aromatic heterocycles. The van der Waals surface area contributed by atoms with E-state index >= 15 is 0 Å². The zero-order chi connectivity index (χ0) is 28.6. The van der Waals surface area contributed by atoms with Crippen molar-refractivity contribution in [1.29, 1.82) is 0 Å². The monoisotopic (exact) mass is 569 g/mol. The van der Waals surface area contributed by atoms with E-state index in [4.69, 9.17) is 19.3 Å². The number of Topliss-reactive ketones (excluding diaryl/α,β-unsaturated/α-hetero) is 1. The predicted octanol–water partition coefficient (Wildman–Crippen LogP) is 6.30. The second-order valence-electron chi connectivity index (χ2n) is 8.47. The maximum absolute atomic E-state index is 13.6. The molecule has 0 spiro atoms. The number of carbonyl (C=O) groups excluding carboxylic acids is 3. The lowest BCUT2D eigenvalue weighted by atomic mass is 10.1. The molecule has 0 aliphatic carbocycles. The van der Waals surface area contributed by atoms with Crippen LogP contribution in [0.5, 0.6) is 5.75 Å². The number of nitrogens with one attached hydrogen (secondary N) is 1. The number of hydrogen-bond donors (Lipinski definition) is 2. The summed E-state index contributed by atoms with van der Waals surface area (Å²) in [6, 6.07) is 13.0. The molecule has 0 bridgehead atoms. The van der Waals surface area contributed by atoms with E-state index in [0.29, 0.717) is 28.4 Å². The molecule has 0 unspecified atom stereocenters. The Kier molecular flexibility index (Phi) is 6.90. The summed E-state index contributed by atoms with van der Waals surface area (Å²) in [5, 5.41) is 2.59. The highest BCUT2D eigenvalue weighted by Crippen LogP contribution is 2.43. The molecule has 0 saturated heterocycles. The van der Waals surface area contributed by atoms with E-state index in [1.54, 1.807) is 24.3 Å². The van der Waals surface area contributed by atoms with Crippen LogP contribution in [0.4, 0.5) is 18.9 Å². The van der Waals surface area contributed by atoms with Crippen molar-refractivity contribution in [3.8, 4) is 17.1 Å². The molecule has 9 nitrogen and oxygen atoms in total. The lowest BCUT2D eigenvalue weighted by Crippen LogP contribution is -2.16. The van der Waals surface area contributed by atoms with Gasteiger partial charge >= 0.3 is 6.18 Å². The van der Waals surface area contributed by atoms with Crippen LogP contribution in [-0.4, -0.2) is 22.6 Å². The number of hydrogen-bond acceptors (Lipinski definition) is 8. The van der Waals surface area contributed by atoms with Crippen LogP contribution in [0.15, 0.2) is 69.7 Å². The fourth-order valence-corrected chi connectivity index (χ4v) is 4.86. The first-order chi connectivity index (χ1) is 19.0. The van der Waals surface area contributed by atoms with Crippen molar-refractivity contribution >= 4 is 44.8 Å². The van der Waals surface area contributed by atoms with Crippen LogP contribution in [0.2, 0.25) is 0 Å². The Morgan fingerprint density at radius 2 is 1.85 bits per heavy atom. The Bertz CT molecular complexity index is 1740. The summed E-state index contributed by atoms with van der Waals surface area (Å²) >= 11 is 0.611. The number of furan rings is 2. The van der Waals surface area contributed by atoms with Crippen molar-refractivity contribution in [3.05, 3.63) is 88.5 Å². The van der Waals surface area contributed by atoms with Gasteiger partial charge in [0.1, 0.15) is 39.3 Å². The second kappa shape index (κ2) is 10.3. The molecule has 0 atom stereocenters. The molecule has 40 heavy (non-hydrogen) atoms. The number of anilines is 1. The first kappa shape index (κ1) is 26.7. The van der Waals surface area contributed by atoms with Gasteiger partial charge in [0.15, 0.2) is 11.5 Å². The fraction of sp³-hybridized carbons (Fsp3) is 0.111.